The van der Waals surface area contributed by atoms with Crippen LogP contribution in [0.5, 0.6) is 0 Å². The fourth-order valence-corrected chi connectivity index (χ4v) is 4.64. The molecular weight excluding hydrogens is 338 g/mol. The number of anilines is 1. The fraction of sp³-hybridized carbons (Fsp3) is 0.318. The molecule has 27 heavy (non-hydrogen) atoms. The molecular formula is C22H17N3O2. The number of rotatable bonds is 3. The number of carbonyl (C=O) groups is 1. The molecule has 5 rings (SSSR count). The van der Waals surface area contributed by atoms with E-state index in [4.69, 9.17) is 4.42 Å². The zero-order valence-corrected chi connectivity index (χ0v) is 14.6. The first-order chi connectivity index (χ1) is 13.2. The monoisotopic (exact) mass is 355 g/mol. The van der Waals surface area contributed by atoms with Crippen molar-refractivity contribution in [3.05, 3.63) is 60.1 Å². The molecule has 3 atom stereocenters. The summed E-state index contributed by atoms with van der Waals surface area (Å²) in [5.41, 5.74) is 0.497. The molecule has 2 fully saturated rings. The minimum Gasteiger partial charge on any atom is -0.469 e. The van der Waals surface area contributed by atoms with E-state index in [2.05, 4.69) is 12.1 Å². The first-order valence-corrected chi connectivity index (χ1v) is 9.16. The summed E-state index contributed by atoms with van der Waals surface area (Å²) in [6.07, 6.45) is 7.13. The molecule has 3 aliphatic rings. The Labute approximate surface area is 157 Å². The molecule has 1 saturated heterocycles. The van der Waals surface area contributed by atoms with Crippen molar-refractivity contribution in [3.63, 3.8) is 0 Å². The van der Waals surface area contributed by atoms with Crippen LogP contribution in [0.3, 0.4) is 0 Å². The molecule has 1 aliphatic carbocycles. The highest BCUT2D eigenvalue weighted by atomic mass is 16.3. The van der Waals surface area contributed by atoms with E-state index in [1.54, 1.807) is 12.1 Å². The number of fused-ring (bicyclic) bond motifs is 3. The maximum Gasteiger partial charge on any atom is 0.179 e. The van der Waals surface area contributed by atoms with Gasteiger partial charge < -0.3 is 9.32 Å². The summed E-state index contributed by atoms with van der Waals surface area (Å²) in [5, 5.41) is 20.3. The molecule has 1 aromatic heterocycles. The number of nitriles is 2. The second-order valence-electron chi connectivity index (χ2n) is 7.48. The Hall–Kier alpha value is -3.31. The van der Waals surface area contributed by atoms with E-state index in [1.807, 2.05) is 41.3 Å². The van der Waals surface area contributed by atoms with Gasteiger partial charge in [0.1, 0.15) is 11.8 Å². The van der Waals surface area contributed by atoms with E-state index < -0.39 is 23.4 Å². The van der Waals surface area contributed by atoms with Gasteiger partial charge in [0.25, 0.3) is 0 Å². The molecule has 0 spiro atoms. The van der Waals surface area contributed by atoms with Crippen molar-refractivity contribution in [3.8, 4) is 12.1 Å². The molecule has 0 bridgehead atoms. The number of nitrogens with zero attached hydrogens (tertiary/aromatic N) is 3. The van der Waals surface area contributed by atoms with Crippen molar-refractivity contribution in [2.75, 3.05) is 4.90 Å². The molecule has 1 saturated carbocycles. The quantitative estimate of drug-likeness (QED) is 0.839. The number of benzene rings is 1. The zero-order chi connectivity index (χ0) is 18.6. The van der Waals surface area contributed by atoms with Gasteiger partial charge in [0, 0.05) is 11.6 Å². The van der Waals surface area contributed by atoms with Crippen molar-refractivity contribution in [1.29, 1.82) is 10.5 Å². The maximum absolute atomic E-state index is 13.4. The number of hydrogen-bond acceptors (Lipinski definition) is 5. The van der Waals surface area contributed by atoms with Gasteiger partial charge in [0.15, 0.2) is 11.2 Å². The first-order valence-electron chi connectivity index (χ1n) is 9.16. The Morgan fingerprint density at radius 1 is 1.15 bits per heavy atom. The van der Waals surface area contributed by atoms with Crippen LogP contribution in [-0.4, -0.2) is 17.9 Å². The summed E-state index contributed by atoms with van der Waals surface area (Å²) in [4.78, 5) is 15.4. The molecule has 0 radical (unpaired) electrons. The van der Waals surface area contributed by atoms with Gasteiger partial charge >= 0.3 is 0 Å². The van der Waals surface area contributed by atoms with Crippen LogP contribution < -0.4 is 4.90 Å². The zero-order valence-electron chi connectivity index (χ0n) is 14.6. The van der Waals surface area contributed by atoms with Gasteiger partial charge in [-0.3, -0.25) is 4.79 Å². The maximum atomic E-state index is 13.4. The molecule has 0 unspecified atom stereocenters. The SMILES string of the molecule is N#CC1(C#N)[C@H](c2ccco2)[C@@H](C(=O)C2CC2)N2c3ccccc3C=C[C@@H]21. The number of ketones is 1. The average Bonchev–Trinajstić information content (AvgIpc) is 3.33. The molecule has 2 aliphatic heterocycles. The van der Waals surface area contributed by atoms with Gasteiger partial charge in [-0.25, -0.2) is 0 Å². The summed E-state index contributed by atoms with van der Waals surface area (Å²) in [7, 11) is 0. The van der Waals surface area contributed by atoms with Crippen LogP contribution in [0.1, 0.15) is 30.1 Å². The summed E-state index contributed by atoms with van der Waals surface area (Å²) < 4.78 is 5.65. The number of para-hydroxylation sites is 1. The largest absolute Gasteiger partial charge is 0.469 e. The number of carbonyl (C=O) groups excluding carboxylic acids is 1. The van der Waals surface area contributed by atoms with Crippen LogP contribution in [-0.2, 0) is 4.79 Å². The lowest BCUT2D eigenvalue weighted by Crippen LogP contribution is -2.44. The highest BCUT2D eigenvalue weighted by Crippen LogP contribution is 2.56. The van der Waals surface area contributed by atoms with Crippen LogP contribution in [0.15, 0.2) is 53.2 Å². The van der Waals surface area contributed by atoms with Gasteiger partial charge in [0.2, 0.25) is 0 Å². The Morgan fingerprint density at radius 3 is 2.59 bits per heavy atom. The van der Waals surface area contributed by atoms with Gasteiger partial charge in [0.05, 0.1) is 30.4 Å². The lowest BCUT2D eigenvalue weighted by atomic mass is 9.71. The molecule has 2 aromatic rings. The third kappa shape index (κ3) is 2.06. The van der Waals surface area contributed by atoms with E-state index in [1.165, 1.54) is 6.26 Å². The van der Waals surface area contributed by atoms with E-state index >= 15 is 0 Å². The van der Waals surface area contributed by atoms with E-state index in [-0.39, 0.29) is 11.7 Å². The summed E-state index contributed by atoms with van der Waals surface area (Å²) in [6.45, 7) is 0. The minimum absolute atomic E-state index is 0.0133. The van der Waals surface area contributed by atoms with Crippen molar-refractivity contribution in [2.45, 2.75) is 30.8 Å². The second-order valence-corrected chi connectivity index (χ2v) is 7.48. The summed E-state index contributed by atoms with van der Waals surface area (Å²) in [6, 6.07) is 14.8. The second kappa shape index (κ2) is 5.59. The Balaban J connectivity index is 1.77. The molecule has 0 amide bonds. The molecule has 0 N–H and O–H groups in total. The average molecular weight is 355 g/mol. The Morgan fingerprint density at radius 2 is 1.93 bits per heavy atom. The summed E-state index contributed by atoms with van der Waals surface area (Å²) in [5.74, 6) is 0.0204. The Kier molecular flexibility index (Phi) is 3.29. The highest BCUT2D eigenvalue weighted by Gasteiger charge is 2.65. The van der Waals surface area contributed by atoms with Crippen LogP contribution in [0.25, 0.3) is 6.08 Å². The number of furan rings is 1. The standard InChI is InChI=1S/C22H17N3O2/c23-12-22(13-24)18-10-9-14-4-1-2-5-16(14)25(18)20(21(26)15-7-8-15)19(22)17-6-3-11-27-17/h1-6,9-11,15,18-20H,7-8H2/t18-,19-,20+/m1/s1. The number of hydrogen-bond donors (Lipinski definition) is 0. The van der Waals surface area contributed by atoms with Gasteiger partial charge in [-0.1, -0.05) is 30.4 Å². The van der Waals surface area contributed by atoms with Crippen molar-refractivity contribution >= 4 is 17.5 Å². The van der Waals surface area contributed by atoms with Crippen LogP contribution >= 0.6 is 0 Å². The van der Waals surface area contributed by atoms with Gasteiger partial charge in [-0.05, 0) is 36.6 Å². The normalized spacial score (nSPS) is 27.3. The van der Waals surface area contributed by atoms with Gasteiger partial charge in [-0.2, -0.15) is 10.5 Å². The fourth-order valence-electron chi connectivity index (χ4n) is 4.64. The minimum atomic E-state index is -1.39. The van der Waals surface area contributed by atoms with Crippen molar-refractivity contribution in [1.82, 2.24) is 0 Å². The van der Waals surface area contributed by atoms with E-state index in [0.29, 0.717) is 5.76 Å². The lowest BCUT2D eigenvalue weighted by molar-refractivity contribution is -0.121. The van der Waals surface area contributed by atoms with Crippen LogP contribution in [0.4, 0.5) is 5.69 Å². The third-order valence-corrected chi connectivity index (χ3v) is 6.04. The molecule has 5 heteroatoms. The lowest BCUT2D eigenvalue weighted by Gasteiger charge is -2.35. The van der Waals surface area contributed by atoms with Gasteiger partial charge in [-0.15, -0.1) is 0 Å². The van der Waals surface area contributed by atoms with Crippen molar-refractivity contribution < 1.29 is 9.21 Å². The Bertz CT molecular complexity index is 1010. The summed E-state index contributed by atoms with van der Waals surface area (Å²) >= 11 is 0. The highest BCUT2D eigenvalue weighted by molar-refractivity contribution is 5.95. The first kappa shape index (κ1) is 15.9. The third-order valence-electron chi connectivity index (χ3n) is 6.04. The number of Topliss-reactive ketones (excluding diaryl/α,β-unsaturated/α-hetero) is 1. The van der Waals surface area contributed by atoms with E-state index in [9.17, 15) is 15.3 Å². The predicted molar refractivity (Wildman–Crippen MR) is 98.4 cm³/mol. The molecule has 5 nitrogen and oxygen atoms in total. The topological polar surface area (TPSA) is 81.0 Å². The van der Waals surface area contributed by atoms with Crippen molar-refractivity contribution in [2.24, 2.45) is 11.3 Å². The van der Waals surface area contributed by atoms with E-state index in [0.717, 1.165) is 24.1 Å². The van der Waals surface area contributed by atoms with Crippen LogP contribution in [0, 0.1) is 34.0 Å². The molecule has 1 aromatic carbocycles. The molecule has 132 valence electrons. The smallest absolute Gasteiger partial charge is 0.179 e. The molecule has 3 heterocycles. The van der Waals surface area contributed by atoms with Crippen LogP contribution in [0.2, 0.25) is 0 Å². The predicted octanol–water partition coefficient (Wildman–Crippen LogP) is 3.66.